The minimum absolute atomic E-state index is 0.126. The Morgan fingerprint density at radius 3 is 2.45 bits per heavy atom. The van der Waals surface area contributed by atoms with Gasteiger partial charge in [-0.25, -0.2) is 9.82 Å². The molecule has 1 heterocycles. The van der Waals surface area contributed by atoms with E-state index in [-0.39, 0.29) is 11.2 Å². The van der Waals surface area contributed by atoms with E-state index in [1.165, 1.54) is 24.4 Å². The van der Waals surface area contributed by atoms with E-state index in [1.807, 2.05) is 0 Å². The van der Waals surface area contributed by atoms with Crippen LogP contribution in [0.1, 0.15) is 15.9 Å². The average Bonchev–Trinajstić information content (AvgIpc) is 2.75. The Labute approximate surface area is 165 Å². The lowest BCUT2D eigenvalue weighted by Gasteiger charge is -2.04. The van der Waals surface area contributed by atoms with E-state index in [0.717, 1.165) is 0 Å². The molecule has 29 heavy (non-hydrogen) atoms. The predicted molar refractivity (Wildman–Crippen MR) is 109 cm³/mol. The summed E-state index contributed by atoms with van der Waals surface area (Å²) in [6.07, 6.45) is 1.43. The smallest absolute Gasteiger partial charge is 0.271 e. The van der Waals surface area contributed by atoms with Crippen LogP contribution < -0.4 is 10.9 Å². The Kier molecular flexibility index (Phi) is 4.99. The van der Waals surface area contributed by atoms with Crippen LogP contribution in [0.4, 0.5) is 4.39 Å². The third kappa shape index (κ3) is 4.11. The summed E-state index contributed by atoms with van der Waals surface area (Å²) in [7, 11) is 0. The number of rotatable bonds is 4. The number of benzene rings is 3. The lowest BCUT2D eigenvalue weighted by molar-refractivity contribution is 0.0955. The molecule has 0 saturated carbocycles. The van der Waals surface area contributed by atoms with E-state index >= 15 is 0 Å². The second kappa shape index (κ2) is 7.90. The molecule has 3 aromatic carbocycles. The number of nitrogens with zero attached hydrogens (tertiary/aromatic N) is 1. The lowest BCUT2D eigenvalue weighted by Crippen LogP contribution is -2.17. The number of amides is 1. The van der Waals surface area contributed by atoms with Crippen molar-refractivity contribution >= 4 is 23.1 Å². The highest BCUT2D eigenvalue weighted by molar-refractivity contribution is 5.95. The van der Waals surface area contributed by atoms with Crippen molar-refractivity contribution in [2.45, 2.75) is 0 Å². The van der Waals surface area contributed by atoms with Crippen LogP contribution in [0.2, 0.25) is 0 Å². The number of hydrogen-bond acceptors (Lipinski definition) is 4. The molecule has 6 heteroatoms. The summed E-state index contributed by atoms with van der Waals surface area (Å²) >= 11 is 0. The summed E-state index contributed by atoms with van der Waals surface area (Å²) in [6, 6.07) is 20.8. The highest BCUT2D eigenvalue weighted by atomic mass is 19.1. The zero-order valence-corrected chi connectivity index (χ0v) is 15.1. The molecule has 0 aliphatic carbocycles. The van der Waals surface area contributed by atoms with Crippen molar-refractivity contribution in [1.29, 1.82) is 0 Å². The van der Waals surface area contributed by atoms with E-state index < -0.39 is 5.91 Å². The highest BCUT2D eigenvalue weighted by Gasteiger charge is 2.09. The molecule has 4 aromatic rings. The van der Waals surface area contributed by atoms with Gasteiger partial charge >= 0.3 is 0 Å². The van der Waals surface area contributed by atoms with Crippen molar-refractivity contribution in [2.75, 3.05) is 0 Å². The number of carbonyl (C=O) groups is 1. The van der Waals surface area contributed by atoms with Crippen LogP contribution in [-0.2, 0) is 0 Å². The summed E-state index contributed by atoms with van der Waals surface area (Å²) in [5, 5.41) is 4.39. The second-order valence-electron chi connectivity index (χ2n) is 6.30. The van der Waals surface area contributed by atoms with Gasteiger partial charge in [0.15, 0.2) is 5.43 Å². The highest BCUT2D eigenvalue weighted by Crippen LogP contribution is 2.22. The molecule has 0 bridgehead atoms. The first-order valence-corrected chi connectivity index (χ1v) is 8.82. The quantitative estimate of drug-likeness (QED) is 0.418. The molecule has 0 spiro atoms. The maximum Gasteiger partial charge on any atom is 0.271 e. The molecular formula is C23H15FN2O3. The number of hydrazone groups is 1. The molecule has 0 fully saturated rings. The SMILES string of the molecule is O=C(N/N=C/c1ccc(F)cc1)c1ccc(-c2cc(=O)c3ccccc3o2)cc1. The number of fused-ring (bicyclic) bond motifs is 1. The molecule has 142 valence electrons. The van der Waals surface area contributed by atoms with Gasteiger partial charge in [0, 0.05) is 17.2 Å². The number of para-hydroxylation sites is 1. The first-order chi connectivity index (χ1) is 14.1. The molecule has 0 atom stereocenters. The zero-order valence-electron chi connectivity index (χ0n) is 15.1. The van der Waals surface area contributed by atoms with Gasteiger partial charge in [0.1, 0.15) is 17.2 Å². The van der Waals surface area contributed by atoms with Gasteiger partial charge in [-0.1, -0.05) is 36.4 Å². The van der Waals surface area contributed by atoms with Gasteiger partial charge in [0.25, 0.3) is 5.91 Å². The fourth-order valence-electron chi connectivity index (χ4n) is 2.81. The summed E-state index contributed by atoms with van der Waals surface area (Å²) in [5.41, 5.74) is 4.54. The largest absolute Gasteiger partial charge is 0.456 e. The van der Waals surface area contributed by atoms with Crippen molar-refractivity contribution < 1.29 is 13.6 Å². The number of halogens is 1. The molecule has 0 aliphatic heterocycles. The van der Waals surface area contributed by atoms with Gasteiger partial charge in [-0.3, -0.25) is 9.59 Å². The zero-order chi connectivity index (χ0) is 20.2. The average molecular weight is 386 g/mol. The van der Waals surface area contributed by atoms with E-state index in [0.29, 0.717) is 33.4 Å². The maximum atomic E-state index is 12.9. The third-order valence-electron chi connectivity index (χ3n) is 4.32. The van der Waals surface area contributed by atoms with E-state index in [4.69, 9.17) is 4.42 Å². The minimum atomic E-state index is -0.394. The number of carbonyl (C=O) groups excluding carboxylic acids is 1. The van der Waals surface area contributed by atoms with E-state index in [2.05, 4.69) is 10.5 Å². The van der Waals surface area contributed by atoms with Gasteiger partial charge in [-0.15, -0.1) is 0 Å². The molecular weight excluding hydrogens is 371 g/mol. The number of hydrogen-bond donors (Lipinski definition) is 1. The van der Waals surface area contributed by atoms with Crippen LogP contribution in [-0.4, -0.2) is 12.1 Å². The van der Waals surface area contributed by atoms with Crippen LogP contribution in [0.5, 0.6) is 0 Å². The summed E-state index contributed by atoms with van der Waals surface area (Å²) in [5.74, 6) is -0.307. The van der Waals surface area contributed by atoms with Gasteiger partial charge in [0.2, 0.25) is 0 Å². The molecule has 0 saturated heterocycles. The van der Waals surface area contributed by atoms with Crippen molar-refractivity contribution in [1.82, 2.24) is 5.43 Å². The minimum Gasteiger partial charge on any atom is -0.456 e. The van der Waals surface area contributed by atoms with Crippen LogP contribution in [0.3, 0.4) is 0 Å². The summed E-state index contributed by atoms with van der Waals surface area (Å²) < 4.78 is 18.7. The van der Waals surface area contributed by atoms with Crippen molar-refractivity contribution in [2.24, 2.45) is 5.10 Å². The van der Waals surface area contributed by atoms with Crippen molar-refractivity contribution in [3.63, 3.8) is 0 Å². The third-order valence-corrected chi connectivity index (χ3v) is 4.32. The molecule has 1 N–H and O–H groups in total. The molecule has 4 rings (SSSR count). The van der Waals surface area contributed by atoms with E-state index in [1.54, 1.807) is 60.7 Å². The van der Waals surface area contributed by atoms with E-state index in [9.17, 15) is 14.0 Å². The molecule has 0 unspecified atom stereocenters. The summed E-state index contributed by atoms with van der Waals surface area (Å²) in [6.45, 7) is 0. The monoisotopic (exact) mass is 386 g/mol. The topological polar surface area (TPSA) is 71.7 Å². The maximum absolute atomic E-state index is 12.9. The Balaban J connectivity index is 1.49. The standard InChI is InChI=1S/C23H15FN2O3/c24-18-11-5-15(6-12-18)14-25-26-23(28)17-9-7-16(8-10-17)22-13-20(27)19-3-1-2-4-21(19)29-22/h1-14H,(H,26,28)/b25-14+. The number of nitrogens with one attached hydrogen (secondary N) is 1. The van der Waals surface area contributed by atoms with Gasteiger partial charge < -0.3 is 4.42 Å². The van der Waals surface area contributed by atoms with Crippen LogP contribution in [0, 0.1) is 5.82 Å². The van der Waals surface area contributed by atoms with Gasteiger partial charge in [0.05, 0.1) is 11.6 Å². The molecule has 1 aromatic heterocycles. The Hall–Kier alpha value is -4.06. The second-order valence-corrected chi connectivity index (χ2v) is 6.30. The fourth-order valence-corrected chi connectivity index (χ4v) is 2.81. The predicted octanol–water partition coefficient (Wildman–Crippen LogP) is 4.36. The Morgan fingerprint density at radius 2 is 1.69 bits per heavy atom. The van der Waals surface area contributed by atoms with Gasteiger partial charge in [-0.2, -0.15) is 5.10 Å². The lowest BCUT2D eigenvalue weighted by atomic mass is 10.1. The van der Waals surface area contributed by atoms with Gasteiger partial charge in [-0.05, 0) is 42.0 Å². The fraction of sp³-hybridized carbons (Fsp3) is 0. The Morgan fingerprint density at radius 1 is 0.966 bits per heavy atom. The molecule has 1 amide bonds. The molecule has 0 radical (unpaired) electrons. The van der Waals surface area contributed by atoms with Crippen LogP contribution in [0.15, 0.2) is 93.2 Å². The molecule has 0 aliphatic rings. The van der Waals surface area contributed by atoms with Crippen molar-refractivity contribution in [3.8, 4) is 11.3 Å². The van der Waals surface area contributed by atoms with Crippen molar-refractivity contribution in [3.05, 3.63) is 106 Å². The summed E-state index contributed by atoms with van der Waals surface area (Å²) in [4.78, 5) is 24.4. The van der Waals surface area contributed by atoms with Crippen LogP contribution >= 0.6 is 0 Å². The van der Waals surface area contributed by atoms with Crippen LogP contribution in [0.25, 0.3) is 22.3 Å². The first kappa shape index (κ1) is 18.3. The Bertz CT molecular complexity index is 1260. The normalized spacial score (nSPS) is 11.1. The molecule has 5 nitrogen and oxygen atoms in total. The first-order valence-electron chi connectivity index (χ1n) is 8.82.